The molecule has 1 aliphatic rings. The zero-order valence-electron chi connectivity index (χ0n) is 13.1. The first kappa shape index (κ1) is 15.2. The molecule has 2 heterocycles. The number of benzene rings is 1. The SMILES string of the molecule is COc1cc(N2CCN(c3cc(C)nc(C)c3)C2)ccc1Br. The van der Waals surface area contributed by atoms with Crippen LogP contribution in [-0.2, 0) is 0 Å². The molecule has 1 aliphatic heterocycles. The number of nitrogens with zero attached hydrogens (tertiary/aromatic N) is 3. The van der Waals surface area contributed by atoms with E-state index in [1.165, 1.54) is 11.4 Å². The van der Waals surface area contributed by atoms with E-state index in [4.69, 9.17) is 4.74 Å². The van der Waals surface area contributed by atoms with Crippen LogP contribution in [0.15, 0.2) is 34.8 Å². The predicted octanol–water partition coefficient (Wildman–Crippen LogP) is 3.75. The summed E-state index contributed by atoms with van der Waals surface area (Å²) in [4.78, 5) is 9.20. The van der Waals surface area contributed by atoms with Gasteiger partial charge < -0.3 is 14.5 Å². The van der Waals surface area contributed by atoms with E-state index < -0.39 is 0 Å². The molecule has 0 aliphatic carbocycles. The number of aryl methyl sites for hydroxylation is 2. The van der Waals surface area contributed by atoms with Crippen molar-refractivity contribution in [2.45, 2.75) is 13.8 Å². The van der Waals surface area contributed by atoms with Crippen molar-refractivity contribution in [3.63, 3.8) is 0 Å². The molecule has 1 saturated heterocycles. The molecule has 5 heteroatoms. The number of hydrogen-bond donors (Lipinski definition) is 0. The summed E-state index contributed by atoms with van der Waals surface area (Å²) in [6, 6.07) is 10.5. The molecule has 4 nitrogen and oxygen atoms in total. The molecule has 1 aromatic carbocycles. The highest BCUT2D eigenvalue weighted by atomic mass is 79.9. The number of halogens is 1. The van der Waals surface area contributed by atoms with Gasteiger partial charge in [-0.15, -0.1) is 0 Å². The Morgan fingerprint density at radius 2 is 1.64 bits per heavy atom. The van der Waals surface area contributed by atoms with Gasteiger partial charge in [0.05, 0.1) is 18.3 Å². The van der Waals surface area contributed by atoms with Crippen LogP contribution in [0, 0.1) is 13.8 Å². The molecule has 0 amide bonds. The molecular formula is C17H20BrN3O. The molecule has 0 unspecified atom stereocenters. The number of pyridine rings is 1. The molecule has 0 N–H and O–H groups in total. The molecule has 22 heavy (non-hydrogen) atoms. The number of hydrogen-bond acceptors (Lipinski definition) is 4. The summed E-state index contributed by atoms with van der Waals surface area (Å²) in [5.74, 6) is 0.867. The molecular weight excluding hydrogens is 342 g/mol. The quantitative estimate of drug-likeness (QED) is 0.832. The number of aromatic nitrogens is 1. The lowest BCUT2D eigenvalue weighted by Gasteiger charge is -2.22. The van der Waals surface area contributed by atoms with E-state index in [2.05, 4.69) is 55.0 Å². The Bertz CT molecular complexity index is 669. The van der Waals surface area contributed by atoms with Gasteiger partial charge in [-0.25, -0.2) is 0 Å². The van der Waals surface area contributed by atoms with E-state index >= 15 is 0 Å². The van der Waals surface area contributed by atoms with E-state index in [1.54, 1.807) is 7.11 Å². The third-order valence-electron chi connectivity index (χ3n) is 3.91. The molecule has 1 aromatic heterocycles. The average Bonchev–Trinajstić information content (AvgIpc) is 2.96. The van der Waals surface area contributed by atoms with Crippen molar-refractivity contribution in [3.8, 4) is 5.75 Å². The average molecular weight is 362 g/mol. The zero-order valence-corrected chi connectivity index (χ0v) is 14.7. The lowest BCUT2D eigenvalue weighted by Crippen LogP contribution is -2.25. The number of rotatable bonds is 3. The molecule has 0 radical (unpaired) electrons. The normalized spacial score (nSPS) is 14.5. The minimum Gasteiger partial charge on any atom is -0.495 e. The Morgan fingerprint density at radius 1 is 1.00 bits per heavy atom. The molecule has 3 rings (SSSR count). The van der Waals surface area contributed by atoms with Gasteiger partial charge in [0, 0.05) is 41.9 Å². The second-order valence-corrected chi connectivity index (χ2v) is 6.45. The van der Waals surface area contributed by atoms with Gasteiger partial charge in [-0.1, -0.05) is 0 Å². The first-order chi connectivity index (χ1) is 10.6. The van der Waals surface area contributed by atoms with Crippen molar-refractivity contribution in [3.05, 3.63) is 46.2 Å². The summed E-state index contributed by atoms with van der Waals surface area (Å²) in [6.45, 7) is 6.99. The van der Waals surface area contributed by atoms with Gasteiger partial charge in [-0.3, -0.25) is 4.98 Å². The second-order valence-electron chi connectivity index (χ2n) is 5.60. The van der Waals surface area contributed by atoms with Gasteiger partial charge in [0.25, 0.3) is 0 Å². The minimum atomic E-state index is 0.867. The maximum atomic E-state index is 5.39. The van der Waals surface area contributed by atoms with Crippen molar-refractivity contribution in [1.82, 2.24) is 4.98 Å². The summed E-state index contributed by atoms with van der Waals surface area (Å²) in [6.07, 6.45) is 0. The van der Waals surface area contributed by atoms with Crippen LogP contribution in [-0.4, -0.2) is 31.9 Å². The van der Waals surface area contributed by atoms with Gasteiger partial charge in [-0.05, 0) is 54.0 Å². The lowest BCUT2D eigenvalue weighted by molar-refractivity contribution is 0.412. The van der Waals surface area contributed by atoms with E-state index in [1.807, 2.05) is 19.9 Å². The van der Waals surface area contributed by atoms with E-state index in [9.17, 15) is 0 Å². The van der Waals surface area contributed by atoms with E-state index in [-0.39, 0.29) is 0 Å². The maximum Gasteiger partial charge on any atom is 0.135 e. The summed E-state index contributed by atoms with van der Waals surface area (Å²) < 4.78 is 6.37. The topological polar surface area (TPSA) is 28.6 Å². The molecule has 0 bridgehead atoms. The highest BCUT2D eigenvalue weighted by Crippen LogP contribution is 2.31. The fourth-order valence-electron chi connectivity index (χ4n) is 2.85. The van der Waals surface area contributed by atoms with E-state index in [0.29, 0.717) is 0 Å². The van der Waals surface area contributed by atoms with Gasteiger partial charge >= 0.3 is 0 Å². The van der Waals surface area contributed by atoms with Gasteiger partial charge in [0.2, 0.25) is 0 Å². The monoisotopic (exact) mass is 361 g/mol. The van der Waals surface area contributed by atoms with Crippen molar-refractivity contribution >= 4 is 27.3 Å². The van der Waals surface area contributed by atoms with Crippen LogP contribution >= 0.6 is 15.9 Å². The summed E-state index contributed by atoms with van der Waals surface area (Å²) >= 11 is 3.50. The van der Waals surface area contributed by atoms with Crippen LogP contribution in [0.3, 0.4) is 0 Å². The first-order valence-corrected chi connectivity index (χ1v) is 8.15. The first-order valence-electron chi connectivity index (χ1n) is 7.35. The number of methoxy groups -OCH3 is 1. The Balaban J connectivity index is 1.80. The van der Waals surface area contributed by atoms with Gasteiger partial charge in [0.15, 0.2) is 0 Å². The Labute approximate surface area is 139 Å². The molecule has 2 aromatic rings. The smallest absolute Gasteiger partial charge is 0.135 e. The minimum absolute atomic E-state index is 0.867. The van der Waals surface area contributed by atoms with E-state index in [0.717, 1.165) is 41.4 Å². The van der Waals surface area contributed by atoms with Crippen molar-refractivity contribution < 1.29 is 4.74 Å². The third kappa shape index (κ3) is 3.04. The lowest BCUT2D eigenvalue weighted by atomic mass is 10.2. The van der Waals surface area contributed by atoms with Gasteiger partial charge in [0.1, 0.15) is 5.75 Å². The van der Waals surface area contributed by atoms with Gasteiger partial charge in [-0.2, -0.15) is 0 Å². The van der Waals surface area contributed by atoms with Crippen LogP contribution in [0.2, 0.25) is 0 Å². The highest BCUT2D eigenvalue weighted by molar-refractivity contribution is 9.10. The van der Waals surface area contributed by atoms with Crippen LogP contribution in [0.5, 0.6) is 5.75 Å². The number of ether oxygens (including phenoxy) is 1. The molecule has 1 fully saturated rings. The van der Waals surface area contributed by atoms with Crippen LogP contribution < -0.4 is 14.5 Å². The second kappa shape index (κ2) is 6.16. The van der Waals surface area contributed by atoms with Crippen molar-refractivity contribution in [2.24, 2.45) is 0 Å². The van der Waals surface area contributed by atoms with Crippen molar-refractivity contribution in [2.75, 3.05) is 36.7 Å². The van der Waals surface area contributed by atoms with Crippen LogP contribution in [0.25, 0.3) is 0 Å². The maximum absolute atomic E-state index is 5.39. The predicted molar refractivity (Wildman–Crippen MR) is 94.0 cm³/mol. The molecule has 0 spiro atoms. The molecule has 116 valence electrons. The largest absolute Gasteiger partial charge is 0.495 e. The summed E-state index contributed by atoms with van der Waals surface area (Å²) in [5.41, 5.74) is 4.57. The summed E-state index contributed by atoms with van der Waals surface area (Å²) in [5, 5.41) is 0. The Hall–Kier alpha value is -1.75. The summed E-state index contributed by atoms with van der Waals surface area (Å²) in [7, 11) is 1.70. The zero-order chi connectivity index (χ0) is 15.7. The number of anilines is 2. The Kier molecular flexibility index (Phi) is 4.25. The fourth-order valence-corrected chi connectivity index (χ4v) is 3.26. The third-order valence-corrected chi connectivity index (χ3v) is 4.57. The highest BCUT2D eigenvalue weighted by Gasteiger charge is 2.21. The molecule has 0 saturated carbocycles. The van der Waals surface area contributed by atoms with Crippen molar-refractivity contribution in [1.29, 1.82) is 0 Å². The van der Waals surface area contributed by atoms with Crippen LogP contribution in [0.1, 0.15) is 11.4 Å². The van der Waals surface area contributed by atoms with Crippen LogP contribution in [0.4, 0.5) is 11.4 Å². The molecule has 0 atom stereocenters. The fraction of sp³-hybridized carbons (Fsp3) is 0.353. The Morgan fingerprint density at radius 3 is 2.27 bits per heavy atom. The standard InChI is InChI=1S/C17H20BrN3O/c1-12-8-15(9-13(2)19-12)21-7-6-20(11-21)14-4-5-16(18)17(10-14)22-3/h4-5,8-10H,6-7,11H2,1-3H3.